The Labute approximate surface area is 67.8 Å². The molecule has 0 spiro atoms. The van der Waals surface area contributed by atoms with Crippen LogP contribution < -0.4 is 0 Å². The number of rotatable bonds is 1. The monoisotopic (exact) mass is 150 g/mol. The molecule has 2 aliphatic carbocycles. The maximum absolute atomic E-state index is 9.71. The Morgan fingerprint density at radius 3 is 2.91 bits per heavy atom. The van der Waals surface area contributed by atoms with E-state index in [0.717, 1.165) is 25.2 Å². The molecule has 3 unspecified atom stereocenters. The molecule has 1 nitrogen and oxygen atoms in total. The Morgan fingerprint density at radius 1 is 1.64 bits per heavy atom. The van der Waals surface area contributed by atoms with Crippen molar-refractivity contribution in [2.24, 2.45) is 11.3 Å². The van der Waals surface area contributed by atoms with Crippen molar-refractivity contribution in [2.45, 2.75) is 38.2 Å². The van der Waals surface area contributed by atoms with Gasteiger partial charge in [-0.3, -0.25) is 0 Å². The Morgan fingerprint density at radius 2 is 2.45 bits per heavy atom. The highest BCUT2D eigenvalue weighted by atomic mass is 16.3. The first kappa shape index (κ1) is 7.18. The molecular formula is C10H14O. The molecule has 0 radical (unpaired) electrons. The lowest BCUT2D eigenvalue weighted by Gasteiger charge is -2.29. The van der Waals surface area contributed by atoms with Crippen molar-refractivity contribution in [3.05, 3.63) is 0 Å². The normalized spacial score (nSPS) is 47.6. The first-order chi connectivity index (χ1) is 5.27. The summed E-state index contributed by atoms with van der Waals surface area (Å²) in [6, 6.07) is 0. The van der Waals surface area contributed by atoms with Crippen LogP contribution in [0.25, 0.3) is 0 Å². The molecule has 3 atom stereocenters. The van der Waals surface area contributed by atoms with Crippen LogP contribution in [0.15, 0.2) is 0 Å². The summed E-state index contributed by atoms with van der Waals surface area (Å²) in [5.74, 6) is 3.47. The van der Waals surface area contributed by atoms with E-state index in [0.29, 0.717) is 0 Å². The van der Waals surface area contributed by atoms with Gasteiger partial charge in [-0.05, 0) is 31.6 Å². The molecular weight excluding hydrogens is 136 g/mol. The molecule has 0 heterocycles. The highest BCUT2D eigenvalue weighted by Gasteiger charge is 2.50. The van der Waals surface area contributed by atoms with Crippen LogP contribution in [0, 0.1) is 23.7 Å². The van der Waals surface area contributed by atoms with Crippen molar-refractivity contribution in [2.75, 3.05) is 0 Å². The summed E-state index contributed by atoms with van der Waals surface area (Å²) >= 11 is 0. The smallest absolute Gasteiger partial charge is 0.0608 e. The van der Waals surface area contributed by atoms with Crippen LogP contribution >= 0.6 is 0 Å². The van der Waals surface area contributed by atoms with Crippen molar-refractivity contribution >= 4 is 0 Å². The van der Waals surface area contributed by atoms with E-state index < -0.39 is 0 Å². The Kier molecular flexibility index (Phi) is 1.47. The van der Waals surface area contributed by atoms with Gasteiger partial charge in [-0.15, -0.1) is 12.3 Å². The van der Waals surface area contributed by atoms with Crippen molar-refractivity contribution in [3.8, 4) is 12.3 Å². The summed E-state index contributed by atoms with van der Waals surface area (Å²) in [7, 11) is 0. The maximum Gasteiger partial charge on any atom is 0.0608 e. The highest BCUT2D eigenvalue weighted by molar-refractivity contribution is 5.07. The van der Waals surface area contributed by atoms with Gasteiger partial charge in [0, 0.05) is 11.8 Å². The van der Waals surface area contributed by atoms with Gasteiger partial charge in [0.2, 0.25) is 0 Å². The average molecular weight is 150 g/mol. The zero-order valence-corrected chi connectivity index (χ0v) is 6.71. The molecule has 0 aromatic rings. The molecule has 0 aliphatic heterocycles. The molecule has 11 heavy (non-hydrogen) atoms. The second-order valence-electron chi connectivity index (χ2n) is 4.10. The van der Waals surface area contributed by atoms with E-state index in [4.69, 9.17) is 6.42 Å². The summed E-state index contributed by atoms with van der Waals surface area (Å²) in [6.07, 6.45) is 10.6. The standard InChI is InChI=1S/C10H14O/c1-2-4-10-5-3-8(7-10)6-9(10)11/h1,8-9,11H,3-7H2. The molecule has 0 saturated heterocycles. The van der Waals surface area contributed by atoms with E-state index in [2.05, 4.69) is 5.92 Å². The SMILES string of the molecule is C#CCC12CCC(CC1O)C2. The van der Waals surface area contributed by atoms with Crippen LogP contribution in [0.5, 0.6) is 0 Å². The van der Waals surface area contributed by atoms with Gasteiger partial charge in [-0.25, -0.2) is 0 Å². The first-order valence-electron chi connectivity index (χ1n) is 4.38. The summed E-state index contributed by atoms with van der Waals surface area (Å²) < 4.78 is 0. The van der Waals surface area contributed by atoms with E-state index in [1.54, 1.807) is 0 Å². The van der Waals surface area contributed by atoms with Crippen LogP contribution in [-0.2, 0) is 0 Å². The zero-order chi connectivity index (χ0) is 7.90. The fraction of sp³-hybridized carbons (Fsp3) is 0.800. The Bertz CT molecular complexity index is 203. The van der Waals surface area contributed by atoms with Crippen LogP contribution in [-0.4, -0.2) is 11.2 Å². The number of fused-ring (bicyclic) bond motifs is 2. The van der Waals surface area contributed by atoms with Gasteiger partial charge < -0.3 is 5.11 Å². The third-order valence-electron chi connectivity index (χ3n) is 3.46. The van der Waals surface area contributed by atoms with Crippen LogP contribution in [0.1, 0.15) is 32.1 Å². The maximum atomic E-state index is 9.71. The minimum absolute atomic E-state index is 0.0997. The zero-order valence-electron chi connectivity index (χ0n) is 6.71. The molecule has 2 saturated carbocycles. The molecule has 2 fully saturated rings. The first-order valence-corrected chi connectivity index (χ1v) is 4.38. The van der Waals surface area contributed by atoms with E-state index in [1.807, 2.05) is 0 Å². The molecule has 2 bridgehead atoms. The summed E-state index contributed by atoms with van der Waals surface area (Å²) in [5, 5.41) is 9.71. The fourth-order valence-electron chi connectivity index (χ4n) is 2.82. The highest BCUT2D eigenvalue weighted by Crippen LogP contribution is 2.55. The molecule has 0 aromatic carbocycles. The summed E-state index contributed by atoms with van der Waals surface area (Å²) in [6.45, 7) is 0. The van der Waals surface area contributed by atoms with Gasteiger partial charge in [0.25, 0.3) is 0 Å². The number of hydrogen-bond donors (Lipinski definition) is 1. The van der Waals surface area contributed by atoms with Gasteiger partial charge in [-0.1, -0.05) is 0 Å². The lowest BCUT2D eigenvalue weighted by Crippen LogP contribution is -2.29. The largest absolute Gasteiger partial charge is 0.393 e. The molecule has 0 amide bonds. The molecule has 0 aromatic heterocycles. The number of hydrogen-bond acceptors (Lipinski definition) is 1. The van der Waals surface area contributed by atoms with Crippen molar-refractivity contribution in [1.29, 1.82) is 0 Å². The second kappa shape index (κ2) is 2.25. The number of aliphatic hydroxyl groups is 1. The predicted molar refractivity (Wildman–Crippen MR) is 43.8 cm³/mol. The molecule has 1 heteroatoms. The third kappa shape index (κ3) is 0.895. The van der Waals surface area contributed by atoms with Crippen LogP contribution in [0.4, 0.5) is 0 Å². The van der Waals surface area contributed by atoms with E-state index >= 15 is 0 Å². The van der Waals surface area contributed by atoms with Gasteiger partial charge in [-0.2, -0.15) is 0 Å². The molecule has 60 valence electrons. The average Bonchev–Trinajstić information content (AvgIpc) is 2.45. The van der Waals surface area contributed by atoms with Crippen molar-refractivity contribution < 1.29 is 5.11 Å². The van der Waals surface area contributed by atoms with E-state index in [9.17, 15) is 5.11 Å². The predicted octanol–water partition coefficient (Wildman–Crippen LogP) is 1.56. The van der Waals surface area contributed by atoms with Gasteiger partial charge >= 0.3 is 0 Å². The van der Waals surface area contributed by atoms with Gasteiger partial charge in [0.05, 0.1) is 6.10 Å². The van der Waals surface area contributed by atoms with Crippen LogP contribution in [0.2, 0.25) is 0 Å². The summed E-state index contributed by atoms with van der Waals surface area (Å²) in [5.41, 5.74) is 0.138. The minimum Gasteiger partial charge on any atom is -0.393 e. The third-order valence-corrected chi connectivity index (χ3v) is 3.46. The number of terminal acetylenes is 1. The Hall–Kier alpha value is -0.480. The van der Waals surface area contributed by atoms with E-state index in [1.165, 1.54) is 12.8 Å². The van der Waals surface area contributed by atoms with E-state index in [-0.39, 0.29) is 11.5 Å². The van der Waals surface area contributed by atoms with Crippen molar-refractivity contribution in [3.63, 3.8) is 0 Å². The lowest BCUT2D eigenvalue weighted by molar-refractivity contribution is 0.0438. The quantitative estimate of drug-likeness (QED) is 0.562. The molecule has 2 rings (SSSR count). The second-order valence-corrected chi connectivity index (χ2v) is 4.10. The molecule has 2 aliphatic rings. The van der Waals surface area contributed by atoms with Crippen molar-refractivity contribution in [1.82, 2.24) is 0 Å². The lowest BCUT2D eigenvalue weighted by atomic mass is 9.79. The van der Waals surface area contributed by atoms with Crippen LogP contribution in [0.3, 0.4) is 0 Å². The summed E-state index contributed by atoms with van der Waals surface area (Å²) in [4.78, 5) is 0. The Balaban J connectivity index is 2.17. The number of aliphatic hydroxyl groups excluding tert-OH is 1. The molecule has 1 N–H and O–H groups in total. The van der Waals surface area contributed by atoms with Gasteiger partial charge in [0.1, 0.15) is 0 Å². The fourth-order valence-corrected chi connectivity index (χ4v) is 2.82. The van der Waals surface area contributed by atoms with Gasteiger partial charge in [0.15, 0.2) is 0 Å². The topological polar surface area (TPSA) is 20.2 Å². The minimum atomic E-state index is -0.0997.